The Morgan fingerprint density at radius 1 is 1.35 bits per heavy atom. The number of nitrogens with zero attached hydrogens (tertiary/aromatic N) is 1. The molecule has 2 rings (SSSR count). The van der Waals surface area contributed by atoms with Crippen LogP contribution in [0.2, 0.25) is 5.02 Å². The van der Waals surface area contributed by atoms with Gasteiger partial charge in [-0.15, -0.1) is 0 Å². The van der Waals surface area contributed by atoms with Gasteiger partial charge in [-0.1, -0.05) is 37.6 Å². The molecule has 0 spiro atoms. The third kappa shape index (κ3) is 3.53. The number of amides is 1. The highest BCUT2D eigenvalue weighted by molar-refractivity contribution is 6.30. The highest BCUT2D eigenvalue weighted by Gasteiger charge is 2.32. The van der Waals surface area contributed by atoms with Crippen molar-refractivity contribution in [3.8, 4) is 0 Å². The second-order valence-electron chi connectivity index (χ2n) is 5.78. The molecule has 0 aromatic heterocycles. The number of likely N-dealkylation sites (tertiary alicyclic amines) is 1. The molecular formula is C16H23ClN2O. The van der Waals surface area contributed by atoms with Gasteiger partial charge in [0.15, 0.2) is 0 Å². The summed E-state index contributed by atoms with van der Waals surface area (Å²) in [7, 11) is 0. The molecule has 1 aromatic carbocycles. The van der Waals surface area contributed by atoms with Crippen molar-refractivity contribution in [2.24, 2.45) is 0 Å². The topological polar surface area (TPSA) is 32.3 Å². The van der Waals surface area contributed by atoms with E-state index < -0.39 is 0 Å². The summed E-state index contributed by atoms with van der Waals surface area (Å²) >= 11 is 6.05. The molecule has 1 N–H and O–H groups in total. The minimum Gasteiger partial charge on any atom is -0.335 e. The second kappa shape index (κ2) is 6.59. The third-order valence-electron chi connectivity index (χ3n) is 3.81. The lowest BCUT2D eigenvalue weighted by atomic mass is 9.99. The predicted molar refractivity (Wildman–Crippen MR) is 82.9 cm³/mol. The first-order valence-electron chi connectivity index (χ1n) is 7.31. The molecule has 1 aromatic rings. The third-order valence-corrected chi connectivity index (χ3v) is 4.04. The van der Waals surface area contributed by atoms with E-state index in [1.807, 2.05) is 29.2 Å². The molecule has 1 fully saturated rings. The van der Waals surface area contributed by atoms with Crippen LogP contribution in [0.5, 0.6) is 0 Å². The van der Waals surface area contributed by atoms with Gasteiger partial charge in [0, 0.05) is 17.6 Å². The molecule has 110 valence electrons. The summed E-state index contributed by atoms with van der Waals surface area (Å²) in [5.41, 5.74) is 1.09. The Labute approximate surface area is 126 Å². The van der Waals surface area contributed by atoms with E-state index in [9.17, 15) is 4.79 Å². The number of rotatable bonds is 4. The molecule has 2 unspecified atom stereocenters. The number of carbonyl (C=O) groups is 1. The van der Waals surface area contributed by atoms with Crippen molar-refractivity contribution in [2.75, 3.05) is 6.54 Å². The average Bonchev–Trinajstić information content (AvgIpc) is 2.40. The van der Waals surface area contributed by atoms with E-state index >= 15 is 0 Å². The Bertz CT molecular complexity index is 475. The zero-order valence-corrected chi connectivity index (χ0v) is 13.2. The molecule has 2 atom stereocenters. The molecule has 20 heavy (non-hydrogen) atoms. The quantitative estimate of drug-likeness (QED) is 0.923. The standard InChI is InChI=1S/C16H23ClN2O/c1-11(2)18-15-8-5-9-19(16(15)20)12(3)13-6-4-7-14(17)10-13/h4,6-7,10-12,15,18H,5,8-9H2,1-3H3. The van der Waals surface area contributed by atoms with Gasteiger partial charge in [-0.05, 0) is 37.5 Å². The predicted octanol–water partition coefficient (Wildman–Crippen LogP) is 3.39. The normalized spacial score (nSPS) is 21.4. The second-order valence-corrected chi connectivity index (χ2v) is 6.22. The summed E-state index contributed by atoms with van der Waals surface area (Å²) in [6, 6.07) is 8.11. The van der Waals surface area contributed by atoms with Crippen molar-refractivity contribution < 1.29 is 4.79 Å². The first kappa shape index (κ1) is 15.3. The lowest BCUT2D eigenvalue weighted by Crippen LogP contribution is -2.52. The van der Waals surface area contributed by atoms with Gasteiger partial charge in [-0.25, -0.2) is 0 Å². The molecule has 0 radical (unpaired) electrons. The molecule has 1 aliphatic heterocycles. The van der Waals surface area contributed by atoms with Crippen LogP contribution in [0.3, 0.4) is 0 Å². The van der Waals surface area contributed by atoms with Crippen LogP contribution in [-0.2, 0) is 4.79 Å². The molecule has 0 bridgehead atoms. The minimum atomic E-state index is -0.0506. The Morgan fingerprint density at radius 2 is 2.10 bits per heavy atom. The molecule has 1 aliphatic rings. The van der Waals surface area contributed by atoms with Gasteiger partial charge in [0.2, 0.25) is 5.91 Å². The molecule has 4 heteroatoms. The fraction of sp³-hybridized carbons (Fsp3) is 0.562. The lowest BCUT2D eigenvalue weighted by molar-refractivity contribution is -0.138. The molecule has 0 aliphatic carbocycles. The maximum atomic E-state index is 12.6. The molecule has 1 saturated heterocycles. The van der Waals surface area contributed by atoms with E-state index in [2.05, 4.69) is 26.1 Å². The number of piperidine rings is 1. The van der Waals surface area contributed by atoms with Gasteiger partial charge >= 0.3 is 0 Å². The Balaban J connectivity index is 2.12. The van der Waals surface area contributed by atoms with Crippen LogP contribution in [0.4, 0.5) is 0 Å². The molecule has 3 nitrogen and oxygen atoms in total. The number of carbonyl (C=O) groups excluding carboxylic acids is 1. The van der Waals surface area contributed by atoms with Gasteiger partial charge in [-0.2, -0.15) is 0 Å². The fourth-order valence-electron chi connectivity index (χ4n) is 2.79. The average molecular weight is 295 g/mol. The number of hydrogen-bond acceptors (Lipinski definition) is 2. The van der Waals surface area contributed by atoms with Crippen LogP contribution in [0.15, 0.2) is 24.3 Å². The maximum absolute atomic E-state index is 12.6. The SMILES string of the molecule is CC(C)NC1CCCN(C(C)c2cccc(Cl)c2)C1=O. The minimum absolute atomic E-state index is 0.0506. The van der Waals surface area contributed by atoms with Gasteiger partial charge in [-0.3, -0.25) is 4.79 Å². The maximum Gasteiger partial charge on any atom is 0.240 e. The summed E-state index contributed by atoms with van der Waals surface area (Å²) in [5, 5.41) is 4.08. The highest BCUT2D eigenvalue weighted by atomic mass is 35.5. The van der Waals surface area contributed by atoms with Gasteiger partial charge in [0.05, 0.1) is 12.1 Å². The monoisotopic (exact) mass is 294 g/mol. The van der Waals surface area contributed by atoms with Gasteiger partial charge < -0.3 is 10.2 Å². The van der Waals surface area contributed by atoms with E-state index in [0.29, 0.717) is 6.04 Å². The number of halogens is 1. The van der Waals surface area contributed by atoms with E-state index in [-0.39, 0.29) is 18.0 Å². The van der Waals surface area contributed by atoms with Crippen LogP contribution in [-0.4, -0.2) is 29.4 Å². The van der Waals surface area contributed by atoms with Gasteiger partial charge in [0.1, 0.15) is 0 Å². The molecule has 1 amide bonds. The zero-order valence-electron chi connectivity index (χ0n) is 12.4. The first-order chi connectivity index (χ1) is 9.49. The number of hydrogen-bond donors (Lipinski definition) is 1. The van der Waals surface area contributed by atoms with Gasteiger partial charge in [0.25, 0.3) is 0 Å². The molecular weight excluding hydrogens is 272 g/mol. The van der Waals surface area contributed by atoms with Crippen molar-refractivity contribution in [1.82, 2.24) is 10.2 Å². The smallest absolute Gasteiger partial charge is 0.240 e. The van der Waals surface area contributed by atoms with E-state index in [1.165, 1.54) is 0 Å². The Morgan fingerprint density at radius 3 is 2.75 bits per heavy atom. The summed E-state index contributed by atoms with van der Waals surface area (Å²) in [6.45, 7) is 7.04. The fourth-order valence-corrected chi connectivity index (χ4v) is 2.99. The summed E-state index contributed by atoms with van der Waals surface area (Å²) in [5.74, 6) is 0.206. The van der Waals surface area contributed by atoms with Crippen molar-refractivity contribution in [3.05, 3.63) is 34.9 Å². The summed E-state index contributed by atoms with van der Waals surface area (Å²) in [6.07, 6.45) is 1.97. The van der Waals surface area contributed by atoms with Crippen molar-refractivity contribution in [3.63, 3.8) is 0 Å². The van der Waals surface area contributed by atoms with Crippen LogP contribution in [0.25, 0.3) is 0 Å². The van der Waals surface area contributed by atoms with E-state index in [1.54, 1.807) is 0 Å². The van der Waals surface area contributed by atoms with E-state index in [0.717, 1.165) is 30.0 Å². The lowest BCUT2D eigenvalue weighted by Gasteiger charge is -2.37. The first-order valence-corrected chi connectivity index (χ1v) is 7.69. The zero-order chi connectivity index (χ0) is 14.7. The van der Waals surface area contributed by atoms with Crippen LogP contribution in [0, 0.1) is 0 Å². The Kier molecular flexibility index (Phi) is 5.06. The van der Waals surface area contributed by atoms with Crippen LogP contribution in [0.1, 0.15) is 45.2 Å². The van der Waals surface area contributed by atoms with E-state index in [4.69, 9.17) is 11.6 Å². The number of benzene rings is 1. The molecule has 1 heterocycles. The van der Waals surface area contributed by atoms with Crippen molar-refractivity contribution in [1.29, 1.82) is 0 Å². The highest BCUT2D eigenvalue weighted by Crippen LogP contribution is 2.26. The summed E-state index contributed by atoms with van der Waals surface area (Å²) in [4.78, 5) is 14.6. The van der Waals surface area contributed by atoms with Crippen molar-refractivity contribution in [2.45, 2.75) is 51.7 Å². The Hall–Kier alpha value is -1.06. The largest absolute Gasteiger partial charge is 0.335 e. The summed E-state index contributed by atoms with van der Waals surface area (Å²) < 4.78 is 0. The van der Waals surface area contributed by atoms with Crippen molar-refractivity contribution >= 4 is 17.5 Å². The van der Waals surface area contributed by atoms with Crippen LogP contribution >= 0.6 is 11.6 Å². The number of nitrogens with one attached hydrogen (secondary N) is 1. The van der Waals surface area contributed by atoms with Crippen LogP contribution < -0.4 is 5.32 Å². The molecule has 0 saturated carbocycles.